The predicted molar refractivity (Wildman–Crippen MR) is 112 cm³/mol. The summed E-state index contributed by atoms with van der Waals surface area (Å²) >= 11 is 3.42. The van der Waals surface area contributed by atoms with Crippen LogP contribution >= 0.6 is 15.9 Å². The standard InChI is InChI=1S/C21H22BrNO5/c1-13(2)28-21(25)15-6-8-16(9-7-15)23-19(24)10-5-14-11-17(22)20(27-4)18(12-14)26-3/h5-13H,1-4H3,(H,23,24)/b10-5+. The summed E-state index contributed by atoms with van der Waals surface area (Å²) in [7, 11) is 3.10. The molecule has 2 aromatic carbocycles. The van der Waals surface area contributed by atoms with Crippen molar-refractivity contribution in [3.63, 3.8) is 0 Å². The van der Waals surface area contributed by atoms with Crippen molar-refractivity contribution in [3.8, 4) is 11.5 Å². The van der Waals surface area contributed by atoms with Gasteiger partial charge >= 0.3 is 5.97 Å². The van der Waals surface area contributed by atoms with E-state index in [-0.39, 0.29) is 12.0 Å². The first-order chi connectivity index (χ1) is 13.3. The van der Waals surface area contributed by atoms with Gasteiger partial charge in [-0.05, 0) is 77.8 Å². The van der Waals surface area contributed by atoms with Crippen LogP contribution in [0.1, 0.15) is 29.8 Å². The van der Waals surface area contributed by atoms with Crippen molar-refractivity contribution in [3.05, 3.63) is 58.1 Å². The molecule has 0 radical (unpaired) electrons. The maximum Gasteiger partial charge on any atom is 0.338 e. The van der Waals surface area contributed by atoms with E-state index in [4.69, 9.17) is 14.2 Å². The highest BCUT2D eigenvalue weighted by Gasteiger charge is 2.10. The van der Waals surface area contributed by atoms with E-state index in [2.05, 4.69) is 21.2 Å². The maximum absolute atomic E-state index is 12.2. The van der Waals surface area contributed by atoms with E-state index in [9.17, 15) is 9.59 Å². The molecule has 148 valence electrons. The third-order valence-electron chi connectivity index (χ3n) is 3.61. The molecule has 2 rings (SSSR count). The van der Waals surface area contributed by atoms with Gasteiger partial charge in [-0.3, -0.25) is 4.79 Å². The molecule has 0 heterocycles. The molecule has 6 nitrogen and oxygen atoms in total. The van der Waals surface area contributed by atoms with Crippen LogP contribution in [0, 0.1) is 0 Å². The first-order valence-electron chi connectivity index (χ1n) is 8.55. The Morgan fingerprint density at radius 2 is 1.75 bits per heavy atom. The minimum absolute atomic E-state index is 0.186. The van der Waals surface area contributed by atoms with Crippen molar-refractivity contribution in [2.45, 2.75) is 20.0 Å². The number of halogens is 1. The fourth-order valence-corrected chi connectivity index (χ4v) is 2.98. The molecule has 0 aromatic heterocycles. The van der Waals surface area contributed by atoms with Crippen LogP contribution in [0.25, 0.3) is 6.08 Å². The van der Waals surface area contributed by atoms with E-state index in [0.29, 0.717) is 22.7 Å². The second kappa shape index (κ2) is 9.94. The molecule has 2 aromatic rings. The van der Waals surface area contributed by atoms with Crippen molar-refractivity contribution in [1.82, 2.24) is 0 Å². The molecule has 1 amide bonds. The van der Waals surface area contributed by atoms with Crippen molar-refractivity contribution in [2.24, 2.45) is 0 Å². The second-order valence-corrected chi connectivity index (χ2v) is 6.95. The van der Waals surface area contributed by atoms with Gasteiger partial charge in [0.15, 0.2) is 11.5 Å². The van der Waals surface area contributed by atoms with Crippen LogP contribution in [0.15, 0.2) is 46.9 Å². The fourth-order valence-electron chi connectivity index (χ4n) is 2.36. The second-order valence-electron chi connectivity index (χ2n) is 6.09. The van der Waals surface area contributed by atoms with E-state index >= 15 is 0 Å². The Labute approximate surface area is 172 Å². The van der Waals surface area contributed by atoms with Gasteiger partial charge in [0.1, 0.15) is 0 Å². The van der Waals surface area contributed by atoms with Gasteiger partial charge in [0.25, 0.3) is 0 Å². The third kappa shape index (κ3) is 5.85. The van der Waals surface area contributed by atoms with E-state index < -0.39 is 5.97 Å². The predicted octanol–water partition coefficient (Wildman–Crippen LogP) is 4.68. The Morgan fingerprint density at radius 1 is 1.07 bits per heavy atom. The summed E-state index contributed by atoms with van der Waals surface area (Å²) in [5.74, 6) is 0.441. The van der Waals surface area contributed by atoms with Crippen LogP contribution in [0.3, 0.4) is 0 Å². The van der Waals surface area contributed by atoms with Crippen LogP contribution in [-0.4, -0.2) is 32.2 Å². The van der Waals surface area contributed by atoms with Crippen molar-refractivity contribution < 1.29 is 23.8 Å². The van der Waals surface area contributed by atoms with Crippen LogP contribution in [-0.2, 0) is 9.53 Å². The highest BCUT2D eigenvalue weighted by Crippen LogP contribution is 2.36. The van der Waals surface area contributed by atoms with Crippen LogP contribution < -0.4 is 14.8 Å². The lowest BCUT2D eigenvalue weighted by Crippen LogP contribution is -2.12. The van der Waals surface area contributed by atoms with E-state index in [1.54, 1.807) is 64.5 Å². The van der Waals surface area contributed by atoms with Crippen molar-refractivity contribution in [2.75, 3.05) is 19.5 Å². The molecule has 0 atom stereocenters. The molecule has 0 saturated carbocycles. The molecule has 0 spiro atoms. The summed E-state index contributed by atoms with van der Waals surface area (Å²) < 4.78 is 16.4. The van der Waals surface area contributed by atoms with Gasteiger partial charge in [0.2, 0.25) is 5.91 Å². The Kier molecular flexibility index (Phi) is 7.63. The van der Waals surface area contributed by atoms with E-state index in [0.717, 1.165) is 10.0 Å². The summed E-state index contributed by atoms with van der Waals surface area (Å²) in [5, 5.41) is 2.74. The van der Waals surface area contributed by atoms with Crippen molar-refractivity contribution in [1.29, 1.82) is 0 Å². The van der Waals surface area contributed by atoms with Crippen LogP contribution in [0.2, 0.25) is 0 Å². The van der Waals surface area contributed by atoms with Gasteiger partial charge in [-0.15, -0.1) is 0 Å². The number of amides is 1. The zero-order valence-corrected chi connectivity index (χ0v) is 17.7. The van der Waals surface area contributed by atoms with Gasteiger partial charge < -0.3 is 19.5 Å². The van der Waals surface area contributed by atoms with Crippen LogP contribution in [0.4, 0.5) is 5.69 Å². The molecule has 1 N–H and O–H groups in total. The molecular formula is C21H22BrNO5. The third-order valence-corrected chi connectivity index (χ3v) is 4.20. The summed E-state index contributed by atoms with van der Waals surface area (Å²) in [5.41, 5.74) is 1.77. The molecule has 0 saturated heterocycles. The minimum atomic E-state index is -0.396. The summed E-state index contributed by atoms with van der Waals surface area (Å²) in [6, 6.07) is 10.1. The quantitative estimate of drug-likeness (QED) is 0.492. The van der Waals surface area contributed by atoms with Gasteiger partial charge in [0.05, 0.1) is 30.4 Å². The number of esters is 1. The smallest absolute Gasteiger partial charge is 0.338 e. The summed E-state index contributed by atoms with van der Waals surface area (Å²) in [6.45, 7) is 3.57. The van der Waals surface area contributed by atoms with E-state index in [1.165, 1.54) is 6.08 Å². The average molecular weight is 448 g/mol. The SMILES string of the molecule is COc1cc(/C=C/C(=O)Nc2ccc(C(=O)OC(C)C)cc2)cc(Br)c1OC. The number of benzene rings is 2. The highest BCUT2D eigenvalue weighted by molar-refractivity contribution is 9.10. The van der Waals surface area contributed by atoms with Gasteiger partial charge in [0, 0.05) is 11.8 Å². The number of ether oxygens (including phenoxy) is 3. The first kappa shape index (κ1) is 21.5. The molecule has 0 bridgehead atoms. The number of methoxy groups -OCH3 is 2. The number of hydrogen-bond donors (Lipinski definition) is 1. The lowest BCUT2D eigenvalue weighted by atomic mass is 10.2. The highest BCUT2D eigenvalue weighted by atomic mass is 79.9. The molecule has 0 aliphatic carbocycles. The maximum atomic E-state index is 12.2. The number of nitrogens with one attached hydrogen (secondary N) is 1. The van der Waals surface area contributed by atoms with Gasteiger partial charge in [-0.25, -0.2) is 4.79 Å². The molecule has 0 aliphatic heterocycles. The molecule has 28 heavy (non-hydrogen) atoms. The number of rotatable bonds is 7. The van der Waals surface area contributed by atoms with Gasteiger partial charge in [-0.1, -0.05) is 0 Å². The fraction of sp³-hybridized carbons (Fsp3) is 0.238. The molecule has 0 unspecified atom stereocenters. The minimum Gasteiger partial charge on any atom is -0.493 e. The van der Waals surface area contributed by atoms with E-state index in [1.807, 2.05) is 6.07 Å². The summed E-state index contributed by atoms with van der Waals surface area (Å²) in [6.07, 6.45) is 2.89. The first-order valence-corrected chi connectivity index (χ1v) is 9.35. The average Bonchev–Trinajstić information content (AvgIpc) is 2.65. The lowest BCUT2D eigenvalue weighted by Gasteiger charge is -2.10. The van der Waals surface area contributed by atoms with Gasteiger partial charge in [-0.2, -0.15) is 0 Å². The molecular weight excluding hydrogens is 426 g/mol. The topological polar surface area (TPSA) is 73.9 Å². The normalized spacial score (nSPS) is 10.8. The number of anilines is 1. The molecule has 0 fully saturated rings. The summed E-state index contributed by atoms with van der Waals surface area (Å²) in [4.78, 5) is 24.0. The molecule has 0 aliphatic rings. The Bertz CT molecular complexity index is 875. The zero-order valence-electron chi connectivity index (χ0n) is 16.1. The number of carbonyl (C=O) groups excluding carboxylic acids is 2. The van der Waals surface area contributed by atoms with Crippen molar-refractivity contribution >= 4 is 39.6 Å². The Morgan fingerprint density at radius 3 is 2.32 bits per heavy atom. The Hall–Kier alpha value is -2.80. The zero-order chi connectivity index (χ0) is 20.7. The monoisotopic (exact) mass is 447 g/mol. The number of carbonyl (C=O) groups is 2. The largest absolute Gasteiger partial charge is 0.493 e. The lowest BCUT2D eigenvalue weighted by molar-refractivity contribution is -0.111. The number of hydrogen-bond acceptors (Lipinski definition) is 5. The Balaban J connectivity index is 2.04. The molecule has 7 heteroatoms. The van der Waals surface area contributed by atoms with Crippen LogP contribution in [0.5, 0.6) is 11.5 Å².